The predicted octanol–water partition coefficient (Wildman–Crippen LogP) is 3.48. The van der Waals surface area contributed by atoms with Gasteiger partial charge in [-0.25, -0.2) is 9.97 Å². The predicted molar refractivity (Wildman–Crippen MR) is 79.8 cm³/mol. The summed E-state index contributed by atoms with van der Waals surface area (Å²) in [5.41, 5.74) is 1.90. The molecule has 4 nitrogen and oxygen atoms in total. The van der Waals surface area contributed by atoms with Crippen molar-refractivity contribution < 1.29 is 4.42 Å². The van der Waals surface area contributed by atoms with Gasteiger partial charge in [0.25, 0.3) is 0 Å². The highest BCUT2D eigenvalue weighted by Gasteiger charge is 2.09. The molecule has 0 unspecified atom stereocenters. The van der Waals surface area contributed by atoms with Crippen LogP contribution in [0.15, 0.2) is 40.8 Å². The van der Waals surface area contributed by atoms with Crippen molar-refractivity contribution in [3.63, 3.8) is 0 Å². The van der Waals surface area contributed by atoms with E-state index in [0.717, 1.165) is 34.1 Å². The van der Waals surface area contributed by atoms with Crippen LogP contribution in [0.5, 0.6) is 0 Å². The highest BCUT2D eigenvalue weighted by Crippen LogP contribution is 2.21. The third-order valence-corrected chi connectivity index (χ3v) is 3.21. The lowest BCUT2D eigenvalue weighted by molar-refractivity contribution is 0.545. The summed E-state index contributed by atoms with van der Waals surface area (Å²) in [5, 5.41) is 1.13. The third-order valence-electron chi connectivity index (χ3n) is 3.21. The van der Waals surface area contributed by atoms with Gasteiger partial charge in [-0.3, -0.25) is 0 Å². The van der Waals surface area contributed by atoms with Crippen LogP contribution in [0.2, 0.25) is 0 Å². The summed E-state index contributed by atoms with van der Waals surface area (Å²) in [5.74, 6) is 2.63. The first-order chi connectivity index (χ1) is 9.61. The fourth-order valence-corrected chi connectivity index (χ4v) is 2.32. The monoisotopic (exact) mass is 267 g/mol. The fourth-order valence-electron chi connectivity index (χ4n) is 2.32. The molecule has 0 aliphatic heterocycles. The summed E-state index contributed by atoms with van der Waals surface area (Å²) in [6.07, 6.45) is 0. The molecule has 0 atom stereocenters. The summed E-state index contributed by atoms with van der Waals surface area (Å²) in [6.45, 7) is 4.57. The van der Waals surface area contributed by atoms with Crippen LogP contribution in [0.3, 0.4) is 0 Å². The number of benzene rings is 1. The van der Waals surface area contributed by atoms with E-state index in [-0.39, 0.29) is 0 Å². The summed E-state index contributed by atoms with van der Waals surface area (Å²) >= 11 is 0. The zero-order chi connectivity index (χ0) is 14.1. The van der Waals surface area contributed by atoms with Gasteiger partial charge in [-0.15, -0.1) is 0 Å². The normalized spacial score (nSPS) is 10.9. The fraction of sp³-hybridized carbons (Fsp3) is 0.250. The standard InChI is InChI=1S/C16H17N3O/c1-11-8-16(18-12(2)17-11)19(3)10-14-9-13-6-4-5-7-15(13)20-14/h4-9H,10H2,1-3H3. The van der Waals surface area contributed by atoms with E-state index in [4.69, 9.17) is 4.42 Å². The number of fused-ring (bicyclic) bond motifs is 1. The number of nitrogens with zero attached hydrogens (tertiary/aromatic N) is 3. The Morgan fingerprint density at radius 1 is 1.10 bits per heavy atom. The summed E-state index contributed by atoms with van der Waals surface area (Å²) in [6, 6.07) is 12.1. The van der Waals surface area contributed by atoms with Gasteiger partial charge in [0.05, 0.1) is 6.54 Å². The number of anilines is 1. The Labute approximate surface area is 118 Å². The highest BCUT2D eigenvalue weighted by atomic mass is 16.3. The molecule has 0 saturated heterocycles. The lowest BCUT2D eigenvalue weighted by Gasteiger charge is -2.17. The number of furan rings is 1. The van der Waals surface area contributed by atoms with Gasteiger partial charge >= 0.3 is 0 Å². The van der Waals surface area contributed by atoms with Crippen LogP contribution in [0, 0.1) is 13.8 Å². The van der Waals surface area contributed by atoms with Crippen LogP contribution >= 0.6 is 0 Å². The van der Waals surface area contributed by atoms with Gasteiger partial charge in [0.15, 0.2) is 0 Å². The minimum absolute atomic E-state index is 0.685. The first kappa shape index (κ1) is 12.7. The first-order valence-electron chi connectivity index (χ1n) is 6.63. The number of hydrogen-bond donors (Lipinski definition) is 0. The van der Waals surface area contributed by atoms with E-state index in [1.807, 2.05) is 45.2 Å². The van der Waals surface area contributed by atoms with E-state index in [2.05, 4.69) is 27.0 Å². The minimum Gasteiger partial charge on any atom is -0.459 e. The summed E-state index contributed by atoms with van der Waals surface area (Å²) in [7, 11) is 2.01. The molecule has 2 heterocycles. The van der Waals surface area contributed by atoms with Crippen molar-refractivity contribution >= 4 is 16.8 Å². The average Bonchev–Trinajstić information content (AvgIpc) is 2.79. The number of para-hydroxylation sites is 1. The van der Waals surface area contributed by atoms with Crippen molar-refractivity contribution in [3.8, 4) is 0 Å². The Morgan fingerprint density at radius 3 is 2.65 bits per heavy atom. The van der Waals surface area contributed by atoms with Gasteiger partial charge in [-0.1, -0.05) is 18.2 Å². The Kier molecular flexibility index (Phi) is 3.14. The van der Waals surface area contributed by atoms with Crippen molar-refractivity contribution in [2.45, 2.75) is 20.4 Å². The molecule has 3 rings (SSSR count). The van der Waals surface area contributed by atoms with Crippen molar-refractivity contribution in [2.24, 2.45) is 0 Å². The van der Waals surface area contributed by atoms with Gasteiger partial charge in [-0.05, 0) is 26.0 Å². The molecule has 0 saturated carbocycles. The van der Waals surface area contributed by atoms with E-state index in [1.54, 1.807) is 0 Å². The maximum atomic E-state index is 5.84. The SMILES string of the molecule is Cc1cc(N(C)Cc2cc3ccccc3o2)nc(C)n1. The molecule has 3 aromatic rings. The van der Waals surface area contributed by atoms with Gasteiger partial charge in [0.2, 0.25) is 0 Å². The Balaban J connectivity index is 1.86. The van der Waals surface area contributed by atoms with Crippen LogP contribution in [0.4, 0.5) is 5.82 Å². The van der Waals surface area contributed by atoms with Gasteiger partial charge in [0, 0.05) is 24.2 Å². The lowest BCUT2D eigenvalue weighted by Crippen LogP contribution is -2.18. The Bertz CT molecular complexity index is 695. The number of hydrogen-bond acceptors (Lipinski definition) is 4. The van der Waals surface area contributed by atoms with Crippen LogP contribution in [0.25, 0.3) is 11.0 Å². The molecular formula is C16H17N3O. The topological polar surface area (TPSA) is 42.2 Å². The minimum atomic E-state index is 0.685. The molecule has 0 bridgehead atoms. The second-order valence-corrected chi connectivity index (χ2v) is 5.02. The quantitative estimate of drug-likeness (QED) is 0.728. The highest BCUT2D eigenvalue weighted by molar-refractivity contribution is 5.77. The van der Waals surface area contributed by atoms with Gasteiger partial charge < -0.3 is 9.32 Å². The zero-order valence-corrected chi connectivity index (χ0v) is 11.9. The van der Waals surface area contributed by atoms with Crippen molar-refractivity contribution in [2.75, 3.05) is 11.9 Å². The Morgan fingerprint density at radius 2 is 1.90 bits per heavy atom. The maximum absolute atomic E-state index is 5.84. The van der Waals surface area contributed by atoms with Crippen molar-refractivity contribution in [1.29, 1.82) is 0 Å². The van der Waals surface area contributed by atoms with E-state index < -0.39 is 0 Å². The van der Waals surface area contributed by atoms with Crippen LogP contribution in [0.1, 0.15) is 17.3 Å². The molecular weight excluding hydrogens is 250 g/mol. The number of aromatic nitrogens is 2. The van der Waals surface area contributed by atoms with Gasteiger partial charge in [0.1, 0.15) is 23.0 Å². The number of rotatable bonds is 3. The van der Waals surface area contributed by atoms with E-state index in [9.17, 15) is 0 Å². The number of aryl methyl sites for hydroxylation is 2. The molecule has 2 aromatic heterocycles. The van der Waals surface area contributed by atoms with E-state index >= 15 is 0 Å². The molecule has 20 heavy (non-hydrogen) atoms. The average molecular weight is 267 g/mol. The molecule has 0 N–H and O–H groups in total. The molecule has 0 fully saturated rings. The van der Waals surface area contributed by atoms with E-state index in [0.29, 0.717) is 6.54 Å². The maximum Gasteiger partial charge on any atom is 0.134 e. The molecule has 102 valence electrons. The van der Waals surface area contributed by atoms with Crippen molar-refractivity contribution in [1.82, 2.24) is 9.97 Å². The second kappa shape index (κ2) is 4.96. The molecule has 0 amide bonds. The third kappa shape index (κ3) is 2.50. The Hall–Kier alpha value is -2.36. The smallest absolute Gasteiger partial charge is 0.134 e. The van der Waals surface area contributed by atoms with Crippen LogP contribution in [-0.2, 0) is 6.54 Å². The van der Waals surface area contributed by atoms with Crippen molar-refractivity contribution in [3.05, 3.63) is 53.7 Å². The second-order valence-electron chi connectivity index (χ2n) is 5.02. The lowest BCUT2D eigenvalue weighted by atomic mass is 10.2. The van der Waals surface area contributed by atoms with E-state index in [1.165, 1.54) is 0 Å². The molecule has 0 radical (unpaired) electrons. The van der Waals surface area contributed by atoms with Crippen LogP contribution < -0.4 is 4.90 Å². The first-order valence-corrected chi connectivity index (χ1v) is 6.63. The largest absolute Gasteiger partial charge is 0.459 e. The van der Waals surface area contributed by atoms with Crippen LogP contribution in [-0.4, -0.2) is 17.0 Å². The molecule has 0 aliphatic carbocycles. The molecule has 0 aliphatic rings. The van der Waals surface area contributed by atoms with Gasteiger partial charge in [-0.2, -0.15) is 0 Å². The molecule has 4 heteroatoms. The zero-order valence-electron chi connectivity index (χ0n) is 11.9. The molecule has 0 spiro atoms. The summed E-state index contributed by atoms with van der Waals surface area (Å²) in [4.78, 5) is 10.8. The summed E-state index contributed by atoms with van der Waals surface area (Å²) < 4.78 is 5.84. The molecule has 1 aromatic carbocycles.